The first-order valence-electron chi connectivity index (χ1n) is 8.31. The van der Waals surface area contributed by atoms with Crippen molar-refractivity contribution in [1.29, 1.82) is 0 Å². The Hall–Kier alpha value is -0.860. The minimum Gasteiger partial charge on any atom is -0.312 e. The van der Waals surface area contributed by atoms with Gasteiger partial charge in [-0.3, -0.25) is 0 Å². The van der Waals surface area contributed by atoms with Gasteiger partial charge in [0, 0.05) is 18.6 Å². The normalized spacial score (nSPS) is 15.0. The third-order valence-corrected chi connectivity index (χ3v) is 4.51. The summed E-state index contributed by atoms with van der Waals surface area (Å²) in [6, 6.07) is 10.1. The average Bonchev–Trinajstić information content (AvgIpc) is 2.43. The van der Waals surface area contributed by atoms with Gasteiger partial charge in [0.1, 0.15) is 0 Å². The summed E-state index contributed by atoms with van der Waals surface area (Å²) in [4.78, 5) is 2.45. The lowest BCUT2D eigenvalue weighted by Crippen LogP contribution is -2.39. The maximum atomic E-state index is 3.46. The minimum absolute atomic E-state index is 0.393. The SMILES string of the molecule is CNC(CN(C)C(C)C(C)C)c1ccc(CC(C)C)cc1. The smallest absolute Gasteiger partial charge is 0.0446 e. The van der Waals surface area contributed by atoms with Crippen molar-refractivity contribution in [3.8, 4) is 0 Å². The summed E-state index contributed by atoms with van der Waals surface area (Å²) < 4.78 is 0. The number of rotatable bonds is 8. The number of hydrogen-bond acceptors (Lipinski definition) is 2. The number of hydrogen-bond donors (Lipinski definition) is 1. The van der Waals surface area contributed by atoms with Gasteiger partial charge in [0.15, 0.2) is 0 Å². The first-order chi connectivity index (χ1) is 9.85. The van der Waals surface area contributed by atoms with Crippen LogP contribution in [-0.4, -0.2) is 31.6 Å². The highest BCUT2D eigenvalue weighted by atomic mass is 15.1. The van der Waals surface area contributed by atoms with Crippen LogP contribution in [0.25, 0.3) is 0 Å². The molecule has 0 heterocycles. The highest BCUT2D eigenvalue weighted by Gasteiger charge is 2.18. The topological polar surface area (TPSA) is 15.3 Å². The van der Waals surface area contributed by atoms with Gasteiger partial charge >= 0.3 is 0 Å². The van der Waals surface area contributed by atoms with Gasteiger partial charge in [0.2, 0.25) is 0 Å². The first kappa shape index (κ1) is 18.2. The highest BCUT2D eigenvalue weighted by molar-refractivity contribution is 5.25. The van der Waals surface area contributed by atoms with Crippen LogP contribution in [0.5, 0.6) is 0 Å². The molecule has 0 aliphatic heterocycles. The molecule has 2 nitrogen and oxygen atoms in total. The van der Waals surface area contributed by atoms with E-state index in [0.717, 1.165) is 13.0 Å². The van der Waals surface area contributed by atoms with E-state index >= 15 is 0 Å². The summed E-state index contributed by atoms with van der Waals surface area (Å²) in [5.41, 5.74) is 2.82. The van der Waals surface area contributed by atoms with Crippen LogP contribution in [0.4, 0.5) is 0 Å². The summed E-state index contributed by atoms with van der Waals surface area (Å²) in [6.07, 6.45) is 1.16. The van der Waals surface area contributed by atoms with Crippen LogP contribution < -0.4 is 5.32 Å². The third-order valence-electron chi connectivity index (χ3n) is 4.51. The van der Waals surface area contributed by atoms with E-state index in [1.807, 2.05) is 0 Å². The van der Waals surface area contributed by atoms with Gasteiger partial charge < -0.3 is 10.2 Å². The fourth-order valence-electron chi connectivity index (χ4n) is 2.68. The van der Waals surface area contributed by atoms with Gasteiger partial charge in [0.05, 0.1) is 0 Å². The molecule has 0 bridgehead atoms. The molecule has 0 spiro atoms. The van der Waals surface area contributed by atoms with Crippen molar-refractivity contribution in [2.75, 3.05) is 20.6 Å². The maximum absolute atomic E-state index is 3.46. The second kappa shape index (κ2) is 8.55. The Kier molecular flexibility index (Phi) is 7.41. The molecule has 0 fully saturated rings. The molecular weight excluding hydrogens is 256 g/mol. The summed E-state index contributed by atoms with van der Waals surface area (Å²) in [6.45, 7) is 12.5. The minimum atomic E-state index is 0.393. The van der Waals surface area contributed by atoms with Crippen LogP contribution in [0, 0.1) is 11.8 Å². The highest BCUT2D eigenvalue weighted by Crippen LogP contribution is 2.18. The van der Waals surface area contributed by atoms with Gasteiger partial charge in [-0.25, -0.2) is 0 Å². The molecule has 1 aromatic carbocycles. The van der Waals surface area contributed by atoms with Crippen LogP contribution in [0.3, 0.4) is 0 Å². The lowest BCUT2D eigenvalue weighted by molar-refractivity contribution is 0.190. The monoisotopic (exact) mass is 290 g/mol. The Morgan fingerprint density at radius 1 is 1.00 bits per heavy atom. The van der Waals surface area contributed by atoms with E-state index in [1.165, 1.54) is 11.1 Å². The maximum Gasteiger partial charge on any atom is 0.0446 e. The zero-order valence-electron chi connectivity index (χ0n) is 15.0. The van der Waals surface area contributed by atoms with E-state index in [-0.39, 0.29) is 0 Å². The van der Waals surface area contributed by atoms with Crippen LogP contribution >= 0.6 is 0 Å². The summed E-state index contributed by atoms with van der Waals surface area (Å²) >= 11 is 0. The number of nitrogens with zero attached hydrogens (tertiary/aromatic N) is 1. The lowest BCUT2D eigenvalue weighted by atomic mass is 9.98. The van der Waals surface area contributed by atoms with E-state index in [9.17, 15) is 0 Å². The Morgan fingerprint density at radius 2 is 1.57 bits per heavy atom. The second-order valence-electron chi connectivity index (χ2n) is 7.11. The molecule has 2 heteroatoms. The largest absolute Gasteiger partial charge is 0.312 e. The Balaban J connectivity index is 2.71. The van der Waals surface area contributed by atoms with E-state index in [2.05, 4.69) is 83.2 Å². The van der Waals surface area contributed by atoms with Gasteiger partial charge in [0.25, 0.3) is 0 Å². The molecule has 120 valence electrons. The molecule has 0 aromatic heterocycles. The molecular formula is C19H34N2. The molecule has 1 N–H and O–H groups in total. The van der Waals surface area contributed by atoms with E-state index in [0.29, 0.717) is 23.9 Å². The van der Waals surface area contributed by atoms with Crippen LogP contribution in [0.1, 0.15) is 51.8 Å². The summed E-state index contributed by atoms with van der Waals surface area (Å²) in [5, 5.41) is 3.46. The fraction of sp³-hybridized carbons (Fsp3) is 0.684. The summed E-state index contributed by atoms with van der Waals surface area (Å²) in [7, 11) is 4.28. The third kappa shape index (κ3) is 5.80. The molecule has 21 heavy (non-hydrogen) atoms. The predicted octanol–water partition coefficient (Wildman–Crippen LogP) is 4.12. The zero-order chi connectivity index (χ0) is 16.0. The molecule has 1 aromatic rings. The van der Waals surface area contributed by atoms with Crippen molar-refractivity contribution in [2.24, 2.45) is 11.8 Å². The van der Waals surface area contributed by atoms with Crippen molar-refractivity contribution < 1.29 is 0 Å². The molecule has 0 radical (unpaired) electrons. The van der Waals surface area contributed by atoms with E-state index in [4.69, 9.17) is 0 Å². The first-order valence-corrected chi connectivity index (χ1v) is 8.31. The van der Waals surface area contributed by atoms with Gasteiger partial charge in [-0.15, -0.1) is 0 Å². The molecule has 2 unspecified atom stereocenters. The second-order valence-corrected chi connectivity index (χ2v) is 7.11. The quantitative estimate of drug-likeness (QED) is 0.774. The van der Waals surface area contributed by atoms with Crippen molar-refractivity contribution >= 4 is 0 Å². The standard InChI is InChI=1S/C19H34N2/c1-14(2)12-17-8-10-18(11-9-17)19(20-6)13-21(7)16(5)15(3)4/h8-11,14-16,19-20H,12-13H2,1-7H3. The van der Waals surface area contributed by atoms with Crippen molar-refractivity contribution in [3.63, 3.8) is 0 Å². The number of nitrogens with one attached hydrogen (secondary N) is 1. The molecule has 0 saturated carbocycles. The zero-order valence-corrected chi connectivity index (χ0v) is 15.0. The van der Waals surface area contributed by atoms with Gasteiger partial charge in [-0.05, 0) is 50.4 Å². The average molecular weight is 290 g/mol. The molecule has 0 amide bonds. The van der Waals surface area contributed by atoms with Crippen molar-refractivity contribution in [3.05, 3.63) is 35.4 Å². The van der Waals surface area contributed by atoms with Gasteiger partial charge in [-0.2, -0.15) is 0 Å². The van der Waals surface area contributed by atoms with E-state index < -0.39 is 0 Å². The number of benzene rings is 1. The van der Waals surface area contributed by atoms with Gasteiger partial charge in [-0.1, -0.05) is 52.0 Å². The lowest BCUT2D eigenvalue weighted by Gasteiger charge is -2.31. The molecule has 0 saturated heterocycles. The number of likely N-dealkylation sites (N-methyl/N-ethyl adjacent to an activating group) is 2. The van der Waals surface area contributed by atoms with E-state index in [1.54, 1.807) is 0 Å². The van der Waals surface area contributed by atoms with Crippen LogP contribution in [-0.2, 0) is 6.42 Å². The Bertz CT molecular complexity index is 395. The summed E-state index contributed by atoms with van der Waals surface area (Å²) in [5.74, 6) is 1.40. The Morgan fingerprint density at radius 3 is 2.00 bits per heavy atom. The Labute approximate surface area is 131 Å². The van der Waals surface area contributed by atoms with Crippen LogP contribution in [0.2, 0.25) is 0 Å². The molecule has 1 rings (SSSR count). The fourth-order valence-corrected chi connectivity index (χ4v) is 2.68. The molecule has 0 aliphatic carbocycles. The molecule has 0 aliphatic rings. The van der Waals surface area contributed by atoms with Crippen LogP contribution in [0.15, 0.2) is 24.3 Å². The predicted molar refractivity (Wildman–Crippen MR) is 93.7 cm³/mol. The molecule has 2 atom stereocenters. The van der Waals surface area contributed by atoms with Crippen molar-refractivity contribution in [1.82, 2.24) is 10.2 Å². The van der Waals surface area contributed by atoms with Crippen molar-refractivity contribution in [2.45, 2.75) is 53.1 Å².